The first-order chi connectivity index (χ1) is 25.2. The van der Waals surface area contributed by atoms with Crippen LogP contribution in [0.2, 0.25) is 0 Å². The van der Waals surface area contributed by atoms with E-state index in [1.165, 1.54) is 10.6 Å². The second-order valence-electron chi connectivity index (χ2n) is 12.3. The van der Waals surface area contributed by atoms with Gasteiger partial charge in [0.15, 0.2) is 12.4 Å². The van der Waals surface area contributed by atoms with Crippen molar-refractivity contribution >= 4 is 35.4 Å². The number of nitrogens with one attached hydrogen (secondary N) is 1. The summed E-state index contributed by atoms with van der Waals surface area (Å²) < 4.78 is 26.0. The first-order valence-corrected chi connectivity index (χ1v) is 18.5. The maximum absolute atomic E-state index is 14.5. The Morgan fingerprint density at radius 2 is 0.922 bits per heavy atom. The Balaban J connectivity index is 1.20. The summed E-state index contributed by atoms with van der Waals surface area (Å²) in [4.78, 5) is 14.5. The van der Waals surface area contributed by atoms with Gasteiger partial charge in [0, 0.05) is 11.0 Å². The molecule has 0 aromatic heterocycles. The van der Waals surface area contributed by atoms with Gasteiger partial charge in [-0.25, -0.2) is 0 Å². The summed E-state index contributed by atoms with van der Waals surface area (Å²) in [6.07, 6.45) is -3.31. The van der Waals surface area contributed by atoms with E-state index in [-0.39, 0.29) is 19.1 Å². The molecule has 1 N–H and O–H groups in total. The molecule has 0 spiro atoms. The smallest absolute Gasteiger partial charge is 0.256 e. The van der Waals surface area contributed by atoms with Crippen molar-refractivity contribution < 1.29 is 23.7 Å². The van der Waals surface area contributed by atoms with Gasteiger partial charge in [0.25, 0.3) is 5.91 Å². The monoisotopic (exact) mass is 693 g/mol. The largest absolute Gasteiger partial charge is 0.367 e. The maximum Gasteiger partial charge on any atom is 0.256 e. The zero-order chi connectivity index (χ0) is 34.7. The number of rotatable bonds is 14. The molecule has 7 rings (SSSR count). The first-order valence-electron chi connectivity index (χ1n) is 17.1. The number of carbonyl (C=O) groups is 1. The molecule has 1 fully saturated rings. The fraction of sp³-hybridized carbons (Fsp3) is 0.159. The van der Waals surface area contributed by atoms with Crippen molar-refractivity contribution in [3.63, 3.8) is 0 Å². The van der Waals surface area contributed by atoms with Gasteiger partial charge in [0.05, 0.1) is 19.8 Å². The fourth-order valence-corrected chi connectivity index (χ4v) is 8.57. The van der Waals surface area contributed by atoms with Gasteiger partial charge in [-0.05, 0) is 41.3 Å². The lowest BCUT2D eigenvalue weighted by atomic mass is 10.1. The van der Waals surface area contributed by atoms with E-state index in [2.05, 4.69) is 59.9 Å². The van der Waals surface area contributed by atoms with E-state index >= 15 is 0 Å². The summed E-state index contributed by atoms with van der Waals surface area (Å²) in [6.45, 7) is 0.873. The summed E-state index contributed by atoms with van der Waals surface area (Å²) in [5.74, 6) is -0.323. The predicted octanol–water partition coefficient (Wildman–Crippen LogP) is 7.50. The third kappa shape index (κ3) is 8.87. The van der Waals surface area contributed by atoms with Crippen LogP contribution in [0.25, 0.3) is 0 Å². The third-order valence-corrected chi connectivity index (χ3v) is 11.2. The Morgan fingerprint density at radius 3 is 1.43 bits per heavy atom. The number of para-hydroxylation sites is 1. The van der Waals surface area contributed by atoms with Crippen LogP contribution in [-0.2, 0) is 43.6 Å². The summed E-state index contributed by atoms with van der Waals surface area (Å²) in [6, 6.07) is 58.6. The zero-order valence-corrected chi connectivity index (χ0v) is 29.1. The van der Waals surface area contributed by atoms with E-state index in [0.29, 0.717) is 6.61 Å². The van der Waals surface area contributed by atoms with Crippen LogP contribution in [0.4, 0.5) is 5.69 Å². The van der Waals surface area contributed by atoms with Crippen molar-refractivity contribution in [1.82, 2.24) is 0 Å². The van der Waals surface area contributed by atoms with E-state index in [9.17, 15) is 4.79 Å². The van der Waals surface area contributed by atoms with Crippen molar-refractivity contribution in [2.75, 3.05) is 5.32 Å². The van der Waals surface area contributed by atoms with Crippen LogP contribution in [0, 0.1) is 0 Å². The highest BCUT2D eigenvalue weighted by Gasteiger charge is 2.50. The number of hydrogen-bond donors (Lipinski definition) is 1. The molecule has 1 amide bonds. The van der Waals surface area contributed by atoms with Crippen molar-refractivity contribution in [3.8, 4) is 0 Å². The minimum absolute atomic E-state index is 0.277. The van der Waals surface area contributed by atoms with Crippen LogP contribution in [0.3, 0.4) is 0 Å². The number of benzene rings is 6. The molecule has 256 valence electrons. The minimum Gasteiger partial charge on any atom is -0.367 e. The summed E-state index contributed by atoms with van der Waals surface area (Å²) in [7, 11) is -0.975. The molecule has 7 heteroatoms. The van der Waals surface area contributed by atoms with E-state index in [0.717, 1.165) is 27.7 Å². The molecule has 0 unspecified atom stereocenters. The van der Waals surface area contributed by atoms with Crippen LogP contribution in [0.1, 0.15) is 16.7 Å². The lowest BCUT2D eigenvalue weighted by Crippen LogP contribution is -2.43. The average molecular weight is 694 g/mol. The van der Waals surface area contributed by atoms with E-state index < -0.39 is 32.5 Å². The number of carbonyl (C=O) groups excluding carboxylic acids is 1. The zero-order valence-electron chi connectivity index (χ0n) is 28.2. The van der Waals surface area contributed by atoms with Gasteiger partial charge in [-0.3, -0.25) is 4.79 Å². The summed E-state index contributed by atoms with van der Waals surface area (Å²) in [5, 5.41) is 6.66. The fourth-order valence-electron chi connectivity index (χ4n) is 6.17. The predicted molar refractivity (Wildman–Crippen MR) is 204 cm³/mol. The molecule has 0 bridgehead atoms. The lowest BCUT2D eigenvalue weighted by molar-refractivity contribution is -0.187. The van der Waals surface area contributed by atoms with Crippen molar-refractivity contribution in [1.29, 1.82) is 0 Å². The minimum atomic E-state index is -1.01. The SMILES string of the molecule is O=C(Nc1ccccc1P(c1ccccc1)c1ccccc1)[C@H]1O[C@H](OCc2ccccc2)[C@H](OCc2ccccc2)[C@H]1OCc1ccccc1. The molecule has 1 aliphatic heterocycles. The van der Waals surface area contributed by atoms with Gasteiger partial charge in [-0.2, -0.15) is 0 Å². The van der Waals surface area contributed by atoms with Crippen LogP contribution in [0.5, 0.6) is 0 Å². The lowest BCUT2D eigenvalue weighted by Gasteiger charge is -2.25. The molecular formula is C44H40NO5P. The van der Waals surface area contributed by atoms with E-state index in [1.54, 1.807) is 0 Å². The second-order valence-corrected chi connectivity index (χ2v) is 14.4. The number of anilines is 1. The van der Waals surface area contributed by atoms with Crippen molar-refractivity contribution in [2.24, 2.45) is 0 Å². The van der Waals surface area contributed by atoms with Crippen LogP contribution in [-0.4, -0.2) is 30.5 Å². The van der Waals surface area contributed by atoms with E-state index in [4.69, 9.17) is 18.9 Å². The Hall–Kier alpha value is -4.94. The summed E-state index contributed by atoms with van der Waals surface area (Å²) in [5.41, 5.74) is 3.69. The molecule has 0 saturated carbocycles. The van der Waals surface area contributed by atoms with Crippen molar-refractivity contribution in [2.45, 2.75) is 44.4 Å². The number of amides is 1. The highest BCUT2D eigenvalue weighted by molar-refractivity contribution is 7.80. The van der Waals surface area contributed by atoms with Crippen molar-refractivity contribution in [3.05, 3.63) is 193 Å². The van der Waals surface area contributed by atoms with Gasteiger partial charge >= 0.3 is 0 Å². The second kappa shape index (κ2) is 17.3. The van der Waals surface area contributed by atoms with Gasteiger partial charge in [-0.15, -0.1) is 0 Å². The molecule has 1 saturated heterocycles. The standard InChI is InChI=1S/C44H40NO5P/c46-43(45-38-28-16-17-29-39(38)51(36-24-12-4-13-25-36)37-26-14-5-15-27-37)41-40(47-30-33-18-6-1-7-19-33)42(48-31-34-20-8-2-9-21-34)44(50-41)49-32-35-22-10-3-11-23-35/h1-29,40-42,44H,30-32H2,(H,45,46)/t40-,41-,42+,44-/m0/s1. The molecule has 4 atom stereocenters. The van der Waals surface area contributed by atoms with Crippen LogP contribution < -0.4 is 21.2 Å². The molecule has 0 radical (unpaired) electrons. The molecular weight excluding hydrogens is 653 g/mol. The molecule has 6 nitrogen and oxygen atoms in total. The molecule has 0 aliphatic carbocycles. The first kappa shape index (κ1) is 34.5. The Labute approximate surface area is 300 Å². The molecule has 6 aromatic rings. The topological polar surface area (TPSA) is 66.0 Å². The van der Waals surface area contributed by atoms with Crippen LogP contribution in [0.15, 0.2) is 176 Å². The normalized spacial score (nSPS) is 18.5. The van der Waals surface area contributed by atoms with Crippen LogP contribution >= 0.6 is 7.92 Å². The van der Waals surface area contributed by atoms with Gasteiger partial charge < -0.3 is 24.3 Å². The Kier molecular flexibility index (Phi) is 11.7. The highest BCUT2D eigenvalue weighted by atomic mass is 31.1. The molecule has 1 aliphatic rings. The molecule has 51 heavy (non-hydrogen) atoms. The Morgan fingerprint density at radius 1 is 0.510 bits per heavy atom. The molecule has 1 heterocycles. The number of ether oxygens (including phenoxy) is 4. The number of hydrogen-bond acceptors (Lipinski definition) is 5. The summed E-state index contributed by atoms with van der Waals surface area (Å²) >= 11 is 0. The highest BCUT2D eigenvalue weighted by Crippen LogP contribution is 2.36. The quantitative estimate of drug-likeness (QED) is 0.120. The van der Waals surface area contributed by atoms with Gasteiger partial charge in [0.2, 0.25) is 0 Å². The third-order valence-electron chi connectivity index (χ3n) is 8.69. The van der Waals surface area contributed by atoms with E-state index in [1.807, 2.05) is 121 Å². The Bertz CT molecular complexity index is 1910. The van der Waals surface area contributed by atoms with Gasteiger partial charge in [0.1, 0.15) is 12.2 Å². The maximum atomic E-state index is 14.5. The average Bonchev–Trinajstić information content (AvgIpc) is 3.55. The molecule has 6 aromatic carbocycles. The van der Waals surface area contributed by atoms with Gasteiger partial charge in [-0.1, -0.05) is 170 Å².